The van der Waals surface area contributed by atoms with E-state index in [1.807, 2.05) is 6.92 Å². The van der Waals surface area contributed by atoms with Crippen molar-refractivity contribution in [2.45, 2.75) is 124 Å². The van der Waals surface area contributed by atoms with Crippen molar-refractivity contribution in [1.29, 1.82) is 0 Å². The van der Waals surface area contributed by atoms with Gasteiger partial charge in [-0.3, -0.25) is 4.79 Å². The van der Waals surface area contributed by atoms with Crippen LogP contribution in [0.1, 0.15) is 106 Å². The Balaban J connectivity index is 1.56. The highest BCUT2D eigenvalue weighted by Crippen LogP contribution is 2.75. The molecule has 1 saturated heterocycles. The lowest BCUT2D eigenvalue weighted by atomic mass is 9.42. The van der Waals surface area contributed by atoms with Crippen LogP contribution < -0.4 is 0 Å². The van der Waals surface area contributed by atoms with Crippen molar-refractivity contribution in [3.63, 3.8) is 0 Å². The van der Waals surface area contributed by atoms with E-state index >= 15 is 0 Å². The van der Waals surface area contributed by atoms with Gasteiger partial charge in [0.15, 0.2) is 5.78 Å². The van der Waals surface area contributed by atoms with Gasteiger partial charge in [0.1, 0.15) is 6.10 Å². The number of aliphatic hydroxyl groups excluding tert-OH is 2. The Morgan fingerprint density at radius 3 is 2.42 bits per heavy atom. The van der Waals surface area contributed by atoms with Crippen molar-refractivity contribution in [2.75, 3.05) is 6.61 Å². The lowest BCUT2D eigenvalue weighted by molar-refractivity contribution is -0.164. The maximum absolute atomic E-state index is 12.6. The molecule has 1 spiro atoms. The van der Waals surface area contributed by atoms with E-state index in [0.717, 1.165) is 57.8 Å². The number of fused-ring (bicyclic) bond motifs is 5. The van der Waals surface area contributed by atoms with Crippen LogP contribution in [0.3, 0.4) is 0 Å². The summed E-state index contributed by atoms with van der Waals surface area (Å²) in [7, 11) is 0. The SMILES string of the molecule is CCC(=O)C1CC(C)C2(CCC3(C)C4=C(CCC32C)C2(C)CCC(O)C(C)(CO)C2CC4)O1. The quantitative estimate of drug-likeness (QED) is 0.541. The third kappa shape index (κ3) is 2.72. The van der Waals surface area contributed by atoms with Gasteiger partial charge in [-0.1, -0.05) is 52.7 Å². The van der Waals surface area contributed by atoms with Gasteiger partial charge in [0, 0.05) is 17.3 Å². The molecular formula is C29H46O4. The molecule has 0 aromatic carbocycles. The third-order valence-electron chi connectivity index (χ3n) is 12.5. The Hall–Kier alpha value is -0.710. The van der Waals surface area contributed by atoms with E-state index in [1.165, 1.54) is 0 Å². The van der Waals surface area contributed by atoms with Gasteiger partial charge in [-0.15, -0.1) is 0 Å². The summed E-state index contributed by atoms with van der Waals surface area (Å²) in [6.07, 6.45) is 9.12. The molecule has 5 aliphatic rings. The fraction of sp³-hybridized carbons (Fsp3) is 0.897. The number of ether oxygens (including phenoxy) is 1. The van der Waals surface area contributed by atoms with E-state index in [4.69, 9.17) is 4.74 Å². The largest absolute Gasteiger partial charge is 0.396 e. The lowest BCUT2D eigenvalue weighted by Gasteiger charge is -2.63. The second-order valence-corrected chi connectivity index (χ2v) is 13.3. The molecule has 1 aliphatic heterocycles. The first-order valence-corrected chi connectivity index (χ1v) is 13.7. The predicted molar refractivity (Wildman–Crippen MR) is 130 cm³/mol. The second-order valence-electron chi connectivity index (χ2n) is 13.3. The number of carbonyl (C=O) groups is 1. The van der Waals surface area contributed by atoms with E-state index in [0.29, 0.717) is 18.3 Å². The van der Waals surface area contributed by atoms with Crippen molar-refractivity contribution in [3.05, 3.63) is 11.1 Å². The Bertz CT molecular complexity index is 879. The molecule has 3 fully saturated rings. The van der Waals surface area contributed by atoms with Crippen molar-refractivity contribution < 1.29 is 19.7 Å². The van der Waals surface area contributed by atoms with E-state index in [9.17, 15) is 15.0 Å². The van der Waals surface area contributed by atoms with Gasteiger partial charge in [-0.05, 0) is 80.5 Å². The minimum absolute atomic E-state index is 0.0404. The summed E-state index contributed by atoms with van der Waals surface area (Å²) in [4.78, 5) is 12.6. The summed E-state index contributed by atoms with van der Waals surface area (Å²) in [5.41, 5.74) is 2.90. The van der Waals surface area contributed by atoms with Gasteiger partial charge in [-0.2, -0.15) is 0 Å². The zero-order valence-electron chi connectivity index (χ0n) is 21.8. The normalized spacial score (nSPS) is 53.7. The van der Waals surface area contributed by atoms with Gasteiger partial charge in [-0.25, -0.2) is 0 Å². The zero-order valence-corrected chi connectivity index (χ0v) is 21.8. The molecule has 0 amide bonds. The van der Waals surface area contributed by atoms with Crippen LogP contribution in [0.25, 0.3) is 0 Å². The first-order chi connectivity index (χ1) is 15.4. The molecule has 9 atom stereocenters. The maximum Gasteiger partial charge on any atom is 0.161 e. The average molecular weight is 459 g/mol. The van der Waals surface area contributed by atoms with Gasteiger partial charge in [0.05, 0.1) is 18.3 Å². The van der Waals surface area contributed by atoms with Crippen LogP contribution in [-0.2, 0) is 9.53 Å². The number of carbonyl (C=O) groups excluding carboxylic acids is 1. The first-order valence-electron chi connectivity index (χ1n) is 13.7. The molecule has 2 N–H and O–H groups in total. The molecule has 0 aromatic heterocycles. The smallest absolute Gasteiger partial charge is 0.161 e. The molecule has 4 nitrogen and oxygen atoms in total. The molecule has 5 rings (SSSR count). The number of hydrogen-bond acceptors (Lipinski definition) is 4. The van der Waals surface area contributed by atoms with Crippen molar-refractivity contribution in [3.8, 4) is 0 Å². The molecule has 9 unspecified atom stereocenters. The summed E-state index contributed by atoms with van der Waals surface area (Å²) < 4.78 is 6.85. The highest BCUT2D eigenvalue weighted by Gasteiger charge is 2.71. The summed E-state index contributed by atoms with van der Waals surface area (Å²) in [6.45, 7) is 13.9. The second kappa shape index (κ2) is 7.40. The van der Waals surface area contributed by atoms with Crippen molar-refractivity contribution in [2.24, 2.45) is 33.5 Å². The summed E-state index contributed by atoms with van der Waals surface area (Å²) in [6, 6.07) is 0. The molecule has 186 valence electrons. The van der Waals surface area contributed by atoms with Crippen LogP contribution in [0.2, 0.25) is 0 Å². The number of allylic oxidation sites excluding steroid dienone is 2. The van der Waals surface area contributed by atoms with Gasteiger partial charge < -0.3 is 14.9 Å². The molecule has 4 aliphatic carbocycles. The highest BCUT2D eigenvalue weighted by molar-refractivity contribution is 5.83. The van der Waals surface area contributed by atoms with Crippen LogP contribution in [-0.4, -0.2) is 40.4 Å². The first kappa shape index (κ1) is 24.0. The van der Waals surface area contributed by atoms with Crippen LogP contribution >= 0.6 is 0 Å². The maximum atomic E-state index is 12.6. The summed E-state index contributed by atoms with van der Waals surface area (Å²) in [5, 5.41) is 21.2. The molecule has 2 saturated carbocycles. The van der Waals surface area contributed by atoms with Crippen molar-refractivity contribution in [1.82, 2.24) is 0 Å². The summed E-state index contributed by atoms with van der Waals surface area (Å²) >= 11 is 0. The third-order valence-corrected chi connectivity index (χ3v) is 12.5. The molecule has 0 aromatic rings. The topological polar surface area (TPSA) is 66.8 Å². The molecular weight excluding hydrogens is 412 g/mol. The fourth-order valence-corrected chi connectivity index (χ4v) is 10.1. The van der Waals surface area contributed by atoms with Crippen LogP contribution in [0.15, 0.2) is 11.1 Å². The lowest BCUT2D eigenvalue weighted by Crippen LogP contribution is -2.59. The van der Waals surface area contributed by atoms with E-state index in [1.54, 1.807) is 11.1 Å². The molecule has 33 heavy (non-hydrogen) atoms. The van der Waals surface area contributed by atoms with Crippen molar-refractivity contribution >= 4 is 5.78 Å². The fourth-order valence-electron chi connectivity index (χ4n) is 10.1. The molecule has 4 heteroatoms. The van der Waals surface area contributed by atoms with Crippen LogP contribution in [0, 0.1) is 33.5 Å². The Morgan fingerprint density at radius 2 is 1.76 bits per heavy atom. The monoisotopic (exact) mass is 458 g/mol. The Morgan fingerprint density at radius 1 is 1.03 bits per heavy atom. The zero-order chi connectivity index (χ0) is 24.0. The number of Topliss-reactive ketones (excluding diaryl/α,β-unsaturated/α-hetero) is 1. The van der Waals surface area contributed by atoms with Gasteiger partial charge in [0.25, 0.3) is 0 Å². The molecule has 0 radical (unpaired) electrons. The number of rotatable bonds is 3. The van der Waals surface area contributed by atoms with Crippen LogP contribution in [0.4, 0.5) is 0 Å². The minimum atomic E-state index is -0.416. The Kier molecular flexibility index (Phi) is 5.38. The standard InChI is InChI=1S/C29H46O4/c1-7-21(31)22-16-18(2)29(33-22)15-14-27(5)20-8-9-23-25(3,19(20)10-13-28(27,29)6)12-11-24(32)26(23,4)17-30/h18,22-24,30,32H,7-17H2,1-6H3. The number of aliphatic hydroxyl groups is 2. The number of hydrogen-bond donors (Lipinski definition) is 2. The van der Waals surface area contributed by atoms with E-state index in [-0.39, 0.29) is 40.3 Å². The molecule has 1 heterocycles. The van der Waals surface area contributed by atoms with Crippen LogP contribution in [0.5, 0.6) is 0 Å². The van der Waals surface area contributed by atoms with E-state index < -0.39 is 11.5 Å². The van der Waals surface area contributed by atoms with E-state index in [2.05, 4.69) is 34.6 Å². The predicted octanol–water partition coefficient (Wildman–Crippen LogP) is 5.60. The Labute approximate surface area is 200 Å². The minimum Gasteiger partial charge on any atom is -0.396 e. The average Bonchev–Trinajstić information content (AvgIpc) is 3.26. The molecule has 0 bridgehead atoms. The van der Waals surface area contributed by atoms with Gasteiger partial charge in [0.2, 0.25) is 0 Å². The summed E-state index contributed by atoms with van der Waals surface area (Å²) in [5.74, 6) is 0.999. The van der Waals surface area contributed by atoms with Gasteiger partial charge >= 0.3 is 0 Å². The highest BCUT2D eigenvalue weighted by atomic mass is 16.5. The number of ketones is 1.